The first-order valence-electron chi connectivity index (χ1n) is 7.54. The predicted octanol–water partition coefficient (Wildman–Crippen LogP) is 3.47. The molecule has 0 heterocycles. The summed E-state index contributed by atoms with van der Waals surface area (Å²) >= 11 is 0. The van der Waals surface area contributed by atoms with Crippen LogP contribution in [0.4, 0.5) is 11.4 Å². The molecule has 0 radical (unpaired) electrons. The van der Waals surface area contributed by atoms with Crippen LogP contribution in [0.15, 0.2) is 54.2 Å². The number of methoxy groups -OCH3 is 2. The van der Waals surface area contributed by atoms with Gasteiger partial charge in [0.05, 0.1) is 14.2 Å². The lowest BCUT2D eigenvalue weighted by atomic mass is 10.2. The Labute approximate surface area is 146 Å². The molecule has 0 unspecified atom stereocenters. The van der Waals surface area contributed by atoms with Crippen molar-refractivity contribution in [3.8, 4) is 17.6 Å². The molecule has 0 aliphatic carbocycles. The normalized spacial score (nSPS) is 10.6. The van der Waals surface area contributed by atoms with Gasteiger partial charge in [-0.3, -0.25) is 4.79 Å². The lowest BCUT2D eigenvalue weighted by Gasteiger charge is -2.10. The van der Waals surface area contributed by atoms with Gasteiger partial charge in [0.15, 0.2) is 11.5 Å². The second-order valence-corrected chi connectivity index (χ2v) is 5.20. The second kappa shape index (κ2) is 8.41. The van der Waals surface area contributed by atoms with Gasteiger partial charge in [0.25, 0.3) is 5.91 Å². The number of nitrogens with zero attached hydrogens (tertiary/aromatic N) is 1. The van der Waals surface area contributed by atoms with Crippen molar-refractivity contribution in [3.05, 3.63) is 59.8 Å². The van der Waals surface area contributed by atoms with Gasteiger partial charge in [0.2, 0.25) is 0 Å². The van der Waals surface area contributed by atoms with E-state index in [1.54, 1.807) is 18.2 Å². The minimum atomic E-state index is -0.519. The number of hydrogen-bond donors (Lipinski definition) is 2. The van der Waals surface area contributed by atoms with Crippen molar-refractivity contribution in [1.82, 2.24) is 0 Å². The molecule has 0 atom stereocenters. The van der Waals surface area contributed by atoms with Gasteiger partial charge in [-0.1, -0.05) is 17.7 Å². The van der Waals surface area contributed by atoms with Gasteiger partial charge in [0, 0.05) is 23.6 Å². The van der Waals surface area contributed by atoms with E-state index >= 15 is 0 Å². The van der Waals surface area contributed by atoms with Crippen LogP contribution in [0, 0.1) is 18.3 Å². The predicted molar refractivity (Wildman–Crippen MR) is 96.7 cm³/mol. The first kappa shape index (κ1) is 17.9. The van der Waals surface area contributed by atoms with Crippen LogP contribution in [0.3, 0.4) is 0 Å². The summed E-state index contributed by atoms with van der Waals surface area (Å²) in [6.45, 7) is 1.98. The van der Waals surface area contributed by atoms with Crippen LogP contribution >= 0.6 is 0 Å². The molecular formula is C19H19N3O3. The molecule has 6 nitrogen and oxygen atoms in total. The number of carbonyl (C=O) groups excluding carboxylic acids is 1. The maximum Gasteiger partial charge on any atom is 0.267 e. The van der Waals surface area contributed by atoms with Crippen LogP contribution in [0.5, 0.6) is 11.5 Å². The van der Waals surface area contributed by atoms with Gasteiger partial charge in [-0.05, 0) is 31.2 Å². The Bertz CT molecular complexity index is 821. The van der Waals surface area contributed by atoms with Gasteiger partial charge < -0.3 is 20.1 Å². The first-order valence-corrected chi connectivity index (χ1v) is 7.54. The van der Waals surface area contributed by atoms with E-state index in [2.05, 4.69) is 10.6 Å². The minimum absolute atomic E-state index is 0.0460. The summed E-state index contributed by atoms with van der Waals surface area (Å²) in [5.74, 6) is 0.521. The zero-order valence-corrected chi connectivity index (χ0v) is 14.3. The largest absolute Gasteiger partial charge is 0.493 e. The van der Waals surface area contributed by atoms with Gasteiger partial charge in [0.1, 0.15) is 11.6 Å². The van der Waals surface area contributed by atoms with Crippen LogP contribution in [0.1, 0.15) is 5.56 Å². The SMILES string of the molecule is COc1ccc(NC(=O)/C(C#N)=C\Nc2ccc(C)cc2)cc1OC. The Morgan fingerprint density at radius 2 is 1.68 bits per heavy atom. The number of amides is 1. The quantitative estimate of drug-likeness (QED) is 0.623. The number of anilines is 2. The Morgan fingerprint density at radius 3 is 2.28 bits per heavy atom. The topological polar surface area (TPSA) is 83.4 Å². The summed E-state index contributed by atoms with van der Waals surface area (Å²) < 4.78 is 10.3. The number of nitrogens with one attached hydrogen (secondary N) is 2. The monoisotopic (exact) mass is 337 g/mol. The average Bonchev–Trinajstić information content (AvgIpc) is 2.63. The fraction of sp³-hybridized carbons (Fsp3) is 0.158. The van der Waals surface area contributed by atoms with E-state index in [0.29, 0.717) is 17.2 Å². The van der Waals surface area contributed by atoms with E-state index < -0.39 is 5.91 Å². The zero-order chi connectivity index (χ0) is 18.2. The van der Waals surface area contributed by atoms with Gasteiger partial charge in [-0.15, -0.1) is 0 Å². The molecular weight excluding hydrogens is 318 g/mol. The van der Waals surface area contributed by atoms with Crippen molar-refractivity contribution in [1.29, 1.82) is 5.26 Å². The molecule has 6 heteroatoms. The third-order valence-corrected chi connectivity index (χ3v) is 3.44. The van der Waals surface area contributed by atoms with Crippen LogP contribution in [0.25, 0.3) is 0 Å². The molecule has 0 aromatic heterocycles. The summed E-state index contributed by atoms with van der Waals surface area (Å²) in [7, 11) is 3.04. The van der Waals surface area contributed by atoms with Crippen LogP contribution in [-0.4, -0.2) is 20.1 Å². The van der Waals surface area contributed by atoms with Crippen LogP contribution in [-0.2, 0) is 4.79 Å². The van der Waals surface area contributed by atoms with E-state index in [4.69, 9.17) is 9.47 Å². The fourth-order valence-corrected chi connectivity index (χ4v) is 2.07. The standard InChI is InChI=1S/C19H19N3O3/c1-13-4-6-15(7-5-13)21-12-14(11-20)19(23)22-16-8-9-17(24-2)18(10-16)25-3/h4-10,12,21H,1-3H3,(H,22,23)/b14-12-. The molecule has 2 aromatic rings. The summed E-state index contributed by atoms with van der Waals surface area (Å²) in [6, 6.07) is 14.5. The molecule has 0 spiro atoms. The van der Waals surface area contributed by atoms with E-state index in [0.717, 1.165) is 11.3 Å². The van der Waals surface area contributed by atoms with Crippen LogP contribution < -0.4 is 20.1 Å². The van der Waals surface area contributed by atoms with Crippen molar-refractivity contribution in [2.45, 2.75) is 6.92 Å². The number of rotatable bonds is 6. The molecule has 0 saturated heterocycles. The molecule has 0 bridgehead atoms. The maximum absolute atomic E-state index is 12.3. The Balaban J connectivity index is 2.10. The van der Waals surface area contributed by atoms with E-state index in [-0.39, 0.29) is 5.57 Å². The van der Waals surface area contributed by atoms with Crippen molar-refractivity contribution >= 4 is 17.3 Å². The summed E-state index contributed by atoms with van der Waals surface area (Å²) in [5.41, 5.74) is 2.37. The highest BCUT2D eigenvalue weighted by atomic mass is 16.5. The Morgan fingerprint density at radius 1 is 1.04 bits per heavy atom. The lowest BCUT2D eigenvalue weighted by Crippen LogP contribution is -2.14. The van der Waals surface area contributed by atoms with Crippen molar-refractivity contribution in [2.24, 2.45) is 0 Å². The maximum atomic E-state index is 12.3. The second-order valence-electron chi connectivity index (χ2n) is 5.20. The number of ether oxygens (including phenoxy) is 2. The third-order valence-electron chi connectivity index (χ3n) is 3.44. The van der Waals surface area contributed by atoms with Gasteiger partial charge >= 0.3 is 0 Å². The summed E-state index contributed by atoms with van der Waals surface area (Å²) in [6.07, 6.45) is 1.38. The molecule has 1 amide bonds. The molecule has 0 fully saturated rings. The number of nitriles is 1. The summed E-state index contributed by atoms with van der Waals surface area (Å²) in [5, 5.41) is 14.8. The highest BCUT2D eigenvalue weighted by Crippen LogP contribution is 2.29. The number of carbonyl (C=O) groups is 1. The van der Waals surface area contributed by atoms with E-state index in [1.165, 1.54) is 20.4 Å². The van der Waals surface area contributed by atoms with E-state index in [9.17, 15) is 10.1 Å². The molecule has 2 rings (SSSR count). The summed E-state index contributed by atoms with van der Waals surface area (Å²) in [4.78, 5) is 12.3. The van der Waals surface area contributed by atoms with Crippen molar-refractivity contribution in [3.63, 3.8) is 0 Å². The molecule has 2 N–H and O–H groups in total. The van der Waals surface area contributed by atoms with Gasteiger partial charge in [-0.25, -0.2) is 0 Å². The van der Waals surface area contributed by atoms with Crippen molar-refractivity contribution in [2.75, 3.05) is 24.9 Å². The van der Waals surface area contributed by atoms with E-state index in [1.807, 2.05) is 37.3 Å². The molecule has 25 heavy (non-hydrogen) atoms. The number of benzene rings is 2. The van der Waals surface area contributed by atoms with Crippen molar-refractivity contribution < 1.29 is 14.3 Å². The molecule has 128 valence electrons. The first-order chi connectivity index (χ1) is 12.1. The zero-order valence-electron chi connectivity index (χ0n) is 14.3. The Hall–Kier alpha value is -3.46. The third kappa shape index (κ3) is 4.75. The lowest BCUT2D eigenvalue weighted by molar-refractivity contribution is -0.112. The molecule has 0 saturated carbocycles. The average molecular weight is 337 g/mol. The minimum Gasteiger partial charge on any atom is -0.493 e. The molecule has 2 aromatic carbocycles. The highest BCUT2D eigenvalue weighted by Gasteiger charge is 2.11. The smallest absolute Gasteiger partial charge is 0.267 e. The molecule has 0 aliphatic rings. The molecule has 0 aliphatic heterocycles. The number of aryl methyl sites for hydroxylation is 1. The van der Waals surface area contributed by atoms with Gasteiger partial charge in [-0.2, -0.15) is 5.26 Å². The number of hydrogen-bond acceptors (Lipinski definition) is 5. The van der Waals surface area contributed by atoms with Crippen LogP contribution in [0.2, 0.25) is 0 Å². The fourth-order valence-electron chi connectivity index (χ4n) is 2.07. The Kier molecular flexibility index (Phi) is 6.02. The highest BCUT2D eigenvalue weighted by molar-refractivity contribution is 6.06.